The van der Waals surface area contributed by atoms with Crippen LogP contribution in [0, 0.1) is 6.92 Å². The number of amides is 2. The van der Waals surface area contributed by atoms with Crippen molar-refractivity contribution in [2.75, 3.05) is 11.9 Å². The Morgan fingerprint density at radius 3 is 2.61 bits per heavy atom. The molecule has 0 aliphatic carbocycles. The second-order valence-corrected chi connectivity index (χ2v) is 9.25. The predicted molar refractivity (Wildman–Crippen MR) is 139 cm³/mol. The van der Waals surface area contributed by atoms with E-state index in [1.54, 1.807) is 30.3 Å². The Kier molecular flexibility index (Phi) is 6.84. The molecule has 0 saturated heterocycles. The van der Waals surface area contributed by atoms with Crippen LogP contribution in [0.1, 0.15) is 34.9 Å². The fraction of sp³-hybridized carbons (Fsp3) is 0.241. The Labute approximate surface area is 218 Å². The topological polar surface area (TPSA) is 71.0 Å². The molecule has 0 unspecified atom stereocenters. The van der Waals surface area contributed by atoms with Crippen LogP contribution in [0.4, 0.5) is 23.7 Å². The molecule has 0 spiro atoms. The lowest BCUT2D eigenvalue weighted by Crippen LogP contribution is -2.39. The number of carbonyl (C=O) groups excluding carboxylic acids is 1. The van der Waals surface area contributed by atoms with E-state index >= 15 is 0 Å². The van der Waals surface area contributed by atoms with Gasteiger partial charge < -0.3 is 10.2 Å². The van der Waals surface area contributed by atoms with Gasteiger partial charge in [0, 0.05) is 47.7 Å². The summed E-state index contributed by atoms with van der Waals surface area (Å²) in [6.45, 7) is 4.38. The first-order valence-electron chi connectivity index (χ1n) is 12.4. The SMILES string of the molecule is CCc1cc(NC(=O)N2CCc3nc(-c4cccnc4)nc(-c4ccccc4C)c3C2)cc(C(F)(F)F)c1. The van der Waals surface area contributed by atoms with Gasteiger partial charge in [-0.15, -0.1) is 0 Å². The number of hydrogen-bond acceptors (Lipinski definition) is 4. The number of nitrogens with one attached hydrogen (secondary N) is 1. The quantitative estimate of drug-likeness (QED) is 0.328. The Hall–Kier alpha value is -4.27. The fourth-order valence-electron chi connectivity index (χ4n) is 4.61. The monoisotopic (exact) mass is 517 g/mol. The van der Waals surface area contributed by atoms with Gasteiger partial charge >= 0.3 is 12.2 Å². The van der Waals surface area contributed by atoms with Gasteiger partial charge in [0.2, 0.25) is 0 Å². The molecule has 0 bridgehead atoms. The van der Waals surface area contributed by atoms with E-state index in [1.165, 1.54) is 0 Å². The minimum atomic E-state index is -4.50. The summed E-state index contributed by atoms with van der Waals surface area (Å²) in [5, 5.41) is 2.68. The summed E-state index contributed by atoms with van der Waals surface area (Å²) in [6, 6.07) is 14.8. The average Bonchev–Trinajstić information content (AvgIpc) is 2.92. The summed E-state index contributed by atoms with van der Waals surface area (Å²) in [5.74, 6) is 0.559. The second kappa shape index (κ2) is 10.2. The van der Waals surface area contributed by atoms with Gasteiger partial charge in [0.1, 0.15) is 0 Å². The molecule has 6 nitrogen and oxygen atoms in total. The highest BCUT2D eigenvalue weighted by molar-refractivity contribution is 5.90. The maximum Gasteiger partial charge on any atom is 0.416 e. The highest BCUT2D eigenvalue weighted by Gasteiger charge is 2.32. The molecule has 2 aromatic carbocycles. The van der Waals surface area contributed by atoms with Crippen molar-refractivity contribution in [2.24, 2.45) is 0 Å². The third-order valence-corrected chi connectivity index (χ3v) is 6.65. The third kappa shape index (κ3) is 5.22. The molecule has 0 radical (unpaired) electrons. The van der Waals surface area contributed by atoms with E-state index < -0.39 is 17.8 Å². The summed E-state index contributed by atoms with van der Waals surface area (Å²) >= 11 is 0. The molecular formula is C29H26F3N5O. The zero-order valence-corrected chi connectivity index (χ0v) is 21.0. The summed E-state index contributed by atoms with van der Waals surface area (Å²) in [6.07, 6.45) is -0.193. The molecule has 9 heteroatoms. The first-order valence-corrected chi connectivity index (χ1v) is 12.4. The van der Waals surface area contributed by atoms with Crippen LogP contribution in [-0.2, 0) is 25.6 Å². The van der Waals surface area contributed by atoms with Crippen molar-refractivity contribution in [3.63, 3.8) is 0 Å². The maximum atomic E-state index is 13.4. The van der Waals surface area contributed by atoms with Crippen LogP contribution in [0.25, 0.3) is 22.6 Å². The number of hydrogen-bond donors (Lipinski definition) is 1. The molecule has 2 aromatic heterocycles. The zero-order chi connectivity index (χ0) is 26.9. The lowest BCUT2D eigenvalue weighted by molar-refractivity contribution is -0.137. The van der Waals surface area contributed by atoms with Crippen LogP contribution < -0.4 is 5.32 Å². The van der Waals surface area contributed by atoms with Gasteiger partial charge in [0.15, 0.2) is 5.82 Å². The van der Waals surface area contributed by atoms with E-state index in [2.05, 4.69) is 10.3 Å². The Balaban J connectivity index is 1.49. The van der Waals surface area contributed by atoms with Gasteiger partial charge in [-0.1, -0.05) is 31.2 Å². The fourth-order valence-corrected chi connectivity index (χ4v) is 4.61. The Bertz CT molecular complexity index is 1490. The van der Waals surface area contributed by atoms with E-state index in [0.717, 1.165) is 45.8 Å². The van der Waals surface area contributed by atoms with Gasteiger partial charge in [-0.05, 0) is 54.8 Å². The maximum absolute atomic E-state index is 13.4. The van der Waals surface area contributed by atoms with Gasteiger partial charge in [-0.2, -0.15) is 13.2 Å². The van der Waals surface area contributed by atoms with Crippen LogP contribution in [0.2, 0.25) is 0 Å². The molecule has 194 valence electrons. The summed E-state index contributed by atoms with van der Waals surface area (Å²) < 4.78 is 40.2. The number of aromatic nitrogens is 3. The summed E-state index contributed by atoms with van der Waals surface area (Å²) in [5.41, 5.74) is 4.99. The number of benzene rings is 2. The first-order chi connectivity index (χ1) is 18.2. The smallest absolute Gasteiger partial charge is 0.320 e. The normalized spacial score (nSPS) is 13.2. The van der Waals surface area contributed by atoms with Crippen molar-refractivity contribution in [3.05, 3.63) is 94.9 Å². The molecule has 4 aromatic rings. The number of carbonyl (C=O) groups is 1. The van der Waals surface area contributed by atoms with Gasteiger partial charge in [0.05, 0.1) is 23.5 Å². The van der Waals surface area contributed by atoms with E-state index in [4.69, 9.17) is 9.97 Å². The van der Waals surface area contributed by atoms with Gasteiger partial charge in [-0.3, -0.25) is 4.98 Å². The molecule has 1 aliphatic rings. The highest BCUT2D eigenvalue weighted by atomic mass is 19.4. The number of rotatable bonds is 4. The van der Waals surface area contributed by atoms with E-state index in [1.807, 2.05) is 43.3 Å². The minimum absolute atomic E-state index is 0.120. The van der Waals surface area contributed by atoms with Crippen molar-refractivity contribution in [1.82, 2.24) is 19.9 Å². The molecular weight excluding hydrogens is 491 g/mol. The second-order valence-electron chi connectivity index (χ2n) is 9.25. The van der Waals surface area contributed by atoms with Crippen molar-refractivity contribution >= 4 is 11.7 Å². The Morgan fingerprint density at radius 1 is 1.08 bits per heavy atom. The number of anilines is 1. The van der Waals surface area contributed by atoms with E-state index in [9.17, 15) is 18.0 Å². The van der Waals surface area contributed by atoms with Crippen LogP contribution in [-0.4, -0.2) is 32.4 Å². The van der Waals surface area contributed by atoms with E-state index in [-0.39, 0.29) is 12.2 Å². The van der Waals surface area contributed by atoms with Crippen LogP contribution in [0.3, 0.4) is 0 Å². The van der Waals surface area contributed by atoms with Crippen LogP contribution >= 0.6 is 0 Å². The van der Waals surface area contributed by atoms with Crippen molar-refractivity contribution < 1.29 is 18.0 Å². The molecule has 0 atom stereocenters. The number of pyridine rings is 1. The minimum Gasteiger partial charge on any atom is -0.320 e. The molecule has 1 aliphatic heterocycles. The standard InChI is InChI=1S/C29H26F3N5O/c1-3-19-13-21(29(30,31)32)15-22(14-19)34-28(38)37-12-10-25-24(17-37)26(23-9-5-4-7-18(23)2)36-27(35-25)20-8-6-11-33-16-20/h4-9,11,13-16H,3,10,12,17H2,1-2H3,(H,34,38). The molecule has 5 rings (SSSR count). The first kappa shape index (κ1) is 25.4. The average molecular weight is 518 g/mol. The molecule has 38 heavy (non-hydrogen) atoms. The number of urea groups is 1. The van der Waals surface area contributed by atoms with Crippen LogP contribution in [0.5, 0.6) is 0 Å². The lowest BCUT2D eigenvalue weighted by Gasteiger charge is -2.30. The van der Waals surface area contributed by atoms with E-state index in [0.29, 0.717) is 30.8 Å². The van der Waals surface area contributed by atoms with Crippen molar-refractivity contribution in [1.29, 1.82) is 0 Å². The molecule has 0 saturated carbocycles. The highest BCUT2D eigenvalue weighted by Crippen LogP contribution is 2.34. The summed E-state index contributed by atoms with van der Waals surface area (Å²) in [4.78, 5) is 28.7. The number of alkyl halides is 3. The third-order valence-electron chi connectivity index (χ3n) is 6.65. The summed E-state index contributed by atoms with van der Waals surface area (Å²) in [7, 11) is 0. The number of halogens is 3. The van der Waals surface area contributed by atoms with Crippen molar-refractivity contribution in [2.45, 2.75) is 39.4 Å². The molecule has 1 N–H and O–H groups in total. The van der Waals surface area contributed by atoms with Gasteiger partial charge in [0.25, 0.3) is 0 Å². The lowest BCUT2D eigenvalue weighted by atomic mass is 9.96. The molecule has 0 fully saturated rings. The Morgan fingerprint density at radius 2 is 1.89 bits per heavy atom. The molecule has 3 heterocycles. The number of nitrogens with zero attached hydrogens (tertiary/aromatic N) is 4. The predicted octanol–water partition coefficient (Wildman–Crippen LogP) is 6.69. The zero-order valence-electron chi connectivity index (χ0n) is 21.0. The van der Waals surface area contributed by atoms with Crippen molar-refractivity contribution in [3.8, 4) is 22.6 Å². The molecule has 2 amide bonds. The largest absolute Gasteiger partial charge is 0.416 e. The number of aryl methyl sites for hydroxylation is 2. The van der Waals surface area contributed by atoms with Crippen LogP contribution in [0.15, 0.2) is 67.0 Å². The van der Waals surface area contributed by atoms with Gasteiger partial charge in [-0.25, -0.2) is 14.8 Å². The number of fused-ring (bicyclic) bond motifs is 1.